The summed E-state index contributed by atoms with van der Waals surface area (Å²) in [6.45, 7) is 11.9. The summed E-state index contributed by atoms with van der Waals surface area (Å²) in [5.74, 6) is 1.12. The van der Waals surface area contributed by atoms with Gasteiger partial charge in [-0.2, -0.15) is 0 Å². The maximum Gasteiger partial charge on any atom is 0.0564 e. The molecule has 2 heteroatoms. The van der Waals surface area contributed by atoms with Crippen molar-refractivity contribution in [2.45, 2.75) is 78.7 Å². The van der Waals surface area contributed by atoms with E-state index in [0.717, 1.165) is 31.8 Å². The van der Waals surface area contributed by atoms with Crippen molar-refractivity contribution in [3.8, 4) is 0 Å². The van der Waals surface area contributed by atoms with Crippen LogP contribution in [0.25, 0.3) is 0 Å². The van der Waals surface area contributed by atoms with Crippen LogP contribution in [0.15, 0.2) is 0 Å². The van der Waals surface area contributed by atoms with Crippen LogP contribution < -0.4 is 0 Å². The summed E-state index contributed by atoms with van der Waals surface area (Å²) in [6.07, 6.45) is 9.09. The molecule has 110 valence electrons. The van der Waals surface area contributed by atoms with Gasteiger partial charge >= 0.3 is 0 Å². The zero-order valence-corrected chi connectivity index (χ0v) is 13.1. The highest BCUT2D eigenvalue weighted by atomic mass is 16.3. The monoisotopic (exact) mass is 257 g/mol. The highest BCUT2D eigenvalue weighted by Crippen LogP contribution is 2.28. The maximum atomic E-state index is 9.17. The first-order valence-electron chi connectivity index (χ1n) is 8.16. The summed E-state index contributed by atoms with van der Waals surface area (Å²) in [4.78, 5) is 2.42. The molecule has 0 aromatic rings. The Hall–Kier alpha value is -0.0800. The second-order valence-electron chi connectivity index (χ2n) is 5.28. The average Bonchev–Trinajstić information content (AvgIpc) is 2.34. The van der Waals surface area contributed by atoms with Crippen LogP contribution in [0.5, 0.6) is 0 Å². The smallest absolute Gasteiger partial charge is 0.0564 e. The van der Waals surface area contributed by atoms with Crippen molar-refractivity contribution in [3.05, 3.63) is 0 Å². The topological polar surface area (TPSA) is 23.5 Å². The molecule has 0 aromatic carbocycles. The Labute approximate surface area is 115 Å². The quantitative estimate of drug-likeness (QED) is 0.823. The third-order valence-corrected chi connectivity index (χ3v) is 3.90. The van der Waals surface area contributed by atoms with Crippen molar-refractivity contribution in [1.29, 1.82) is 0 Å². The van der Waals surface area contributed by atoms with E-state index in [1.54, 1.807) is 0 Å². The van der Waals surface area contributed by atoms with E-state index in [2.05, 4.69) is 18.7 Å². The first-order valence-corrected chi connectivity index (χ1v) is 8.16. The Morgan fingerprint density at radius 1 is 1.00 bits per heavy atom. The lowest BCUT2D eigenvalue weighted by molar-refractivity contribution is 0.0827. The summed E-state index contributed by atoms with van der Waals surface area (Å²) < 4.78 is 0. The fraction of sp³-hybridized carbons (Fsp3) is 1.00. The zero-order chi connectivity index (χ0) is 13.8. The molecule has 0 spiro atoms. The average molecular weight is 257 g/mol. The fourth-order valence-corrected chi connectivity index (χ4v) is 2.36. The molecule has 1 aliphatic heterocycles. The molecule has 0 bridgehead atoms. The minimum absolute atomic E-state index is 0.0203. The van der Waals surface area contributed by atoms with Crippen molar-refractivity contribution in [3.63, 3.8) is 0 Å². The summed E-state index contributed by atoms with van der Waals surface area (Å²) in [5, 5.41) is 9.17. The van der Waals surface area contributed by atoms with E-state index in [-0.39, 0.29) is 6.10 Å². The van der Waals surface area contributed by atoms with E-state index in [1.165, 1.54) is 38.6 Å². The standard InChI is InChI=1S/C8H17NO.C6H12.C2H6/c1-2-5-9-6-3-8(10)4-7-9;1-2-6-4-3-5-6;1-2/h8,10H,2-7H2,1H3;6H,2-5H2,1H3;1-2H3. The van der Waals surface area contributed by atoms with Gasteiger partial charge in [0.25, 0.3) is 0 Å². The zero-order valence-electron chi connectivity index (χ0n) is 13.1. The molecular weight excluding hydrogens is 222 g/mol. The minimum atomic E-state index is -0.0203. The van der Waals surface area contributed by atoms with Crippen LogP contribution in [0, 0.1) is 5.92 Å². The largest absolute Gasteiger partial charge is 0.393 e. The normalized spacial score (nSPS) is 21.2. The first kappa shape index (κ1) is 17.9. The molecule has 0 unspecified atom stereocenters. The Kier molecular flexibility index (Phi) is 11.9. The molecule has 2 fully saturated rings. The van der Waals surface area contributed by atoms with Gasteiger partial charge in [0, 0.05) is 13.1 Å². The lowest BCUT2D eigenvalue weighted by Gasteiger charge is -2.28. The molecule has 1 N–H and O–H groups in total. The number of aliphatic hydroxyl groups excluding tert-OH is 1. The third-order valence-electron chi connectivity index (χ3n) is 3.90. The molecule has 1 saturated carbocycles. The van der Waals surface area contributed by atoms with Gasteiger partial charge in [-0.1, -0.05) is 53.4 Å². The Bertz CT molecular complexity index is 158. The Morgan fingerprint density at radius 3 is 1.83 bits per heavy atom. The van der Waals surface area contributed by atoms with Gasteiger partial charge in [0.15, 0.2) is 0 Å². The number of hydrogen-bond donors (Lipinski definition) is 1. The fourth-order valence-electron chi connectivity index (χ4n) is 2.36. The van der Waals surface area contributed by atoms with E-state index >= 15 is 0 Å². The second kappa shape index (κ2) is 12.0. The Balaban J connectivity index is 0.000000308. The van der Waals surface area contributed by atoms with Gasteiger partial charge in [0.2, 0.25) is 0 Å². The van der Waals surface area contributed by atoms with Crippen LogP contribution in [0.3, 0.4) is 0 Å². The molecule has 2 aliphatic rings. The van der Waals surface area contributed by atoms with Gasteiger partial charge in [0.05, 0.1) is 6.10 Å². The van der Waals surface area contributed by atoms with Gasteiger partial charge in [-0.3, -0.25) is 0 Å². The van der Waals surface area contributed by atoms with Gasteiger partial charge < -0.3 is 10.0 Å². The van der Waals surface area contributed by atoms with E-state index in [0.29, 0.717) is 0 Å². The predicted octanol–water partition coefficient (Wildman–Crippen LogP) is 4.08. The van der Waals surface area contributed by atoms with E-state index in [4.69, 9.17) is 5.11 Å². The summed E-state index contributed by atoms with van der Waals surface area (Å²) in [5.41, 5.74) is 0. The molecule has 18 heavy (non-hydrogen) atoms. The first-order chi connectivity index (χ1) is 8.76. The molecule has 0 amide bonds. The number of nitrogens with zero attached hydrogens (tertiary/aromatic N) is 1. The van der Waals surface area contributed by atoms with Gasteiger partial charge in [-0.25, -0.2) is 0 Å². The van der Waals surface area contributed by atoms with Crippen LogP contribution in [-0.4, -0.2) is 35.7 Å². The van der Waals surface area contributed by atoms with Crippen molar-refractivity contribution in [2.24, 2.45) is 5.92 Å². The molecule has 1 saturated heterocycles. The molecule has 0 radical (unpaired) electrons. The number of likely N-dealkylation sites (tertiary alicyclic amines) is 1. The molecule has 2 nitrogen and oxygen atoms in total. The van der Waals surface area contributed by atoms with Gasteiger partial charge in [-0.05, 0) is 31.7 Å². The van der Waals surface area contributed by atoms with Crippen molar-refractivity contribution < 1.29 is 5.11 Å². The SMILES string of the molecule is CC.CCC1CCC1.CCCN1CCC(O)CC1. The van der Waals surface area contributed by atoms with Crippen molar-refractivity contribution >= 4 is 0 Å². The highest BCUT2D eigenvalue weighted by molar-refractivity contribution is 4.70. The van der Waals surface area contributed by atoms with Crippen LogP contribution >= 0.6 is 0 Å². The molecule has 1 aliphatic carbocycles. The van der Waals surface area contributed by atoms with Gasteiger partial charge in [-0.15, -0.1) is 0 Å². The number of aliphatic hydroxyl groups is 1. The summed E-state index contributed by atoms with van der Waals surface area (Å²) in [7, 11) is 0. The summed E-state index contributed by atoms with van der Waals surface area (Å²) >= 11 is 0. The predicted molar refractivity (Wildman–Crippen MR) is 81.0 cm³/mol. The third kappa shape index (κ3) is 8.10. The molecular formula is C16H35NO. The van der Waals surface area contributed by atoms with Crippen LogP contribution in [0.2, 0.25) is 0 Å². The summed E-state index contributed by atoms with van der Waals surface area (Å²) in [6, 6.07) is 0. The maximum absolute atomic E-state index is 9.17. The molecule has 2 rings (SSSR count). The number of piperidine rings is 1. The van der Waals surface area contributed by atoms with Crippen molar-refractivity contribution in [2.75, 3.05) is 19.6 Å². The molecule has 1 heterocycles. The van der Waals surface area contributed by atoms with E-state index < -0.39 is 0 Å². The van der Waals surface area contributed by atoms with Crippen molar-refractivity contribution in [1.82, 2.24) is 4.90 Å². The number of rotatable bonds is 3. The Morgan fingerprint density at radius 2 is 1.56 bits per heavy atom. The highest BCUT2D eigenvalue weighted by Gasteiger charge is 2.15. The van der Waals surface area contributed by atoms with E-state index in [1.807, 2.05) is 13.8 Å². The van der Waals surface area contributed by atoms with Crippen LogP contribution in [0.4, 0.5) is 0 Å². The molecule has 0 atom stereocenters. The second-order valence-corrected chi connectivity index (χ2v) is 5.28. The van der Waals surface area contributed by atoms with Gasteiger partial charge in [0.1, 0.15) is 0 Å². The lowest BCUT2D eigenvalue weighted by atomic mass is 9.84. The van der Waals surface area contributed by atoms with Crippen LogP contribution in [0.1, 0.15) is 72.6 Å². The molecule has 0 aromatic heterocycles. The minimum Gasteiger partial charge on any atom is -0.393 e. The number of hydrogen-bond acceptors (Lipinski definition) is 2. The lowest BCUT2D eigenvalue weighted by Crippen LogP contribution is -2.36. The van der Waals surface area contributed by atoms with E-state index in [9.17, 15) is 0 Å². The van der Waals surface area contributed by atoms with Crippen LogP contribution in [-0.2, 0) is 0 Å².